The Bertz CT molecular complexity index is 1050. The lowest BCUT2D eigenvalue weighted by atomic mass is 10.3. The third-order valence-corrected chi connectivity index (χ3v) is 6.35. The predicted molar refractivity (Wildman–Crippen MR) is 98.1 cm³/mol. The van der Waals surface area contributed by atoms with E-state index in [4.69, 9.17) is 21.4 Å². The Morgan fingerprint density at radius 2 is 1.63 bits per heavy atom. The topological polar surface area (TPSA) is 139 Å². The van der Waals surface area contributed by atoms with Crippen molar-refractivity contribution in [2.45, 2.75) is 9.79 Å². The molecule has 0 spiro atoms. The normalized spacial score (nSPS) is 11.8. The number of aliphatic carboxylic acids is 1. The van der Waals surface area contributed by atoms with Crippen LogP contribution in [0.15, 0.2) is 52.3 Å². The molecule has 27 heavy (non-hydrogen) atoms. The van der Waals surface area contributed by atoms with Gasteiger partial charge in [0, 0.05) is 5.69 Å². The van der Waals surface area contributed by atoms with Gasteiger partial charge in [-0.3, -0.25) is 4.72 Å². The van der Waals surface area contributed by atoms with Crippen LogP contribution < -0.4 is 14.2 Å². The highest BCUT2D eigenvalue weighted by atomic mass is 35.5. The highest BCUT2D eigenvalue weighted by Gasteiger charge is 2.18. The summed E-state index contributed by atoms with van der Waals surface area (Å²) in [5.74, 6) is -1.17. The van der Waals surface area contributed by atoms with Crippen LogP contribution in [0.1, 0.15) is 0 Å². The molecule has 0 aliphatic rings. The molecule has 0 atom stereocenters. The summed E-state index contributed by atoms with van der Waals surface area (Å²) in [6, 6.07) is 8.65. The zero-order valence-corrected chi connectivity index (χ0v) is 16.2. The highest BCUT2D eigenvalue weighted by molar-refractivity contribution is 7.92. The van der Waals surface area contributed by atoms with Crippen LogP contribution in [-0.2, 0) is 24.8 Å². The van der Waals surface area contributed by atoms with Crippen molar-refractivity contribution in [2.75, 3.05) is 18.4 Å². The molecular formula is C15H15ClN2O7S2. The van der Waals surface area contributed by atoms with E-state index in [0.717, 1.165) is 6.07 Å². The number of sulfonamides is 2. The van der Waals surface area contributed by atoms with Crippen LogP contribution in [0.25, 0.3) is 0 Å². The maximum Gasteiger partial charge on any atom is 0.341 e. The second-order valence-corrected chi connectivity index (χ2v) is 9.09. The molecule has 0 fully saturated rings. The average molecular weight is 435 g/mol. The van der Waals surface area contributed by atoms with Crippen LogP contribution in [0.2, 0.25) is 5.02 Å². The lowest BCUT2D eigenvalue weighted by Crippen LogP contribution is -2.18. The SMILES string of the molecule is CNS(=O)(=O)c1ccc(NS(=O)(=O)c2ccc(OCC(=O)O)c(Cl)c2)cc1. The van der Waals surface area contributed by atoms with Gasteiger partial charge in [0.25, 0.3) is 10.0 Å². The second-order valence-electron chi connectivity index (χ2n) is 5.11. The van der Waals surface area contributed by atoms with Crippen LogP contribution in [0.4, 0.5) is 5.69 Å². The van der Waals surface area contributed by atoms with E-state index in [9.17, 15) is 21.6 Å². The lowest BCUT2D eigenvalue weighted by Gasteiger charge is -2.11. The molecule has 2 aromatic carbocycles. The van der Waals surface area contributed by atoms with Crippen molar-refractivity contribution < 1.29 is 31.5 Å². The van der Waals surface area contributed by atoms with E-state index in [1.807, 2.05) is 0 Å². The smallest absolute Gasteiger partial charge is 0.341 e. The van der Waals surface area contributed by atoms with E-state index >= 15 is 0 Å². The highest BCUT2D eigenvalue weighted by Crippen LogP contribution is 2.28. The van der Waals surface area contributed by atoms with E-state index in [0.29, 0.717) is 0 Å². The van der Waals surface area contributed by atoms with E-state index in [1.165, 1.54) is 43.4 Å². The average Bonchev–Trinajstić information content (AvgIpc) is 2.60. The molecule has 3 N–H and O–H groups in total. The summed E-state index contributed by atoms with van der Waals surface area (Å²) in [4.78, 5) is 10.3. The zero-order chi connectivity index (χ0) is 20.2. The largest absolute Gasteiger partial charge is 0.480 e. The molecule has 146 valence electrons. The van der Waals surface area contributed by atoms with Gasteiger partial charge in [-0.25, -0.2) is 26.4 Å². The Hall–Kier alpha value is -2.34. The number of hydrogen-bond donors (Lipinski definition) is 3. The first-order valence-electron chi connectivity index (χ1n) is 7.26. The minimum atomic E-state index is -4.01. The van der Waals surface area contributed by atoms with E-state index in [-0.39, 0.29) is 26.3 Å². The monoisotopic (exact) mass is 434 g/mol. The number of rotatable bonds is 8. The molecule has 0 radical (unpaired) electrons. The molecule has 2 rings (SSSR count). The van der Waals surface area contributed by atoms with Gasteiger partial charge in [0.1, 0.15) is 5.75 Å². The first-order chi connectivity index (χ1) is 12.5. The van der Waals surface area contributed by atoms with Crippen molar-refractivity contribution in [3.05, 3.63) is 47.5 Å². The molecule has 2 aromatic rings. The summed E-state index contributed by atoms with van der Waals surface area (Å²) >= 11 is 5.93. The third kappa shape index (κ3) is 5.32. The molecule has 0 heterocycles. The van der Waals surface area contributed by atoms with Gasteiger partial charge in [0.05, 0.1) is 14.8 Å². The summed E-state index contributed by atoms with van der Waals surface area (Å²) in [6.07, 6.45) is 0. The maximum atomic E-state index is 12.4. The minimum absolute atomic E-state index is 0.0177. The number of benzene rings is 2. The van der Waals surface area contributed by atoms with Crippen molar-refractivity contribution in [3.63, 3.8) is 0 Å². The Balaban J connectivity index is 2.21. The number of carbonyl (C=O) groups is 1. The van der Waals surface area contributed by atoms with Gasteiger partial charge in [-0.1, -0.05) is 11.6 Å². The van der Waals surface area contributed by atoms with Gasteiger partial charge in [-0.2, -0.15) is 0 Å². The molecule has 0 amide bonds. The Kier molecular flexibility index (Phi) is 6.31. The molecule has 0 saturated carbocycles. The van der Waals surface area contributed by atoms with Gasteiger partial charge in [-0.15, -0.1) is 0 Å². The fraction of sp³-hybridized carbons (Fsp3) is 0.133. The molecule has 0 unspecified atom stereocenters. The van der Waals surface area contributed by atoms with E-state index < -0.39 is 32.6 Å². The van der Waals surface area contributed by atoms with E-state index in [1.54, 1.807) is 0 Å². The standard InChI is InChI=1S/C15H15ClN2O7S2/c1-17-26(21,22)11-4-2-10(3-5-11)18-27(23,24)12-6-7-14(13(16)8-12)25-9-15(19)20/h2-8,17-18H,9H2,1H3,(H,19,20). The van der Waals surface area contributed by atoms with Crippen molar-refractivity contribution in [2.24, 2.45) is 0 Å². The van der Waals surface area contributed by atoms with Crippen LogP contribution in [0, 0.1) is 0 Å². The molecule has 9 nitrogen and oxygen atoms in total. The maximum absolute atomic E-state index is 12.4. The fourth-order valence-corrected chi connectivity index (χ4v) is 4.05. The Morgan fingerprint density at radius 1 is 1.04 bits per heavy atom. The summed E-state index contributed by atoms with van der Waals surface area (Å²) < 4.78 is 57.6. The van der Waals surface area contributed by atoms with E-state index in [2.05, 4.69) is 9.44 Å². The van der Waals surface area contributed by atoms with Gasteiger partial charge < -0.3 is 9.84 Å². The first-order valence-corrected chi connectivity index (χ1v) is 10.6. The van der Waals surface area contributed by atoms with Gasteiger partial charge in [-0.05, 0) is 49.5 Å². The van der Waals surface area contributed by atoms with Crippen molar-refractivity contribution >= 4 is 43.3 Å². The van der Waals surface area contributed by atoms with Gasteiger partial charge in [0.15, 0.2) is 6.61 Å². The predicted octanol–water partition coefficient (Wildman–Crippen LogP) is 1.51. The molecular weight excluding hydrogens is 420 g/mol. The Morgan fingerprint density at radius 3 is 2.15 bits per heavy atom. The first kappa shape index (κ1) is 21.0. The number of carboxylic acids is 1. The number of halogens is 1. The number of hydrogen-bond acceptors (Lipinski definition) is 6. The second kappa shape index (κ2) is 8.13. The fourth-order valence-electron chi connectivity index (χ4n) is 1.94. The van der Waals surface area contributed by atoms with Gasteiger partial charge >= 0.3 is 5.97 Å². The molecule has 0 aromatic heterocycles. The number of anilines is 1. The zero-order valence-electron chi connectivity index (χ0n) is 13.8. The number of carboxylic acid groups (broad SMARTS) is 1. The summed E-state index contributed by atoms with van der Waals surface area (Å²) in [5.41, 5.74) is 0.146. The van der Waals surface area contributed by atoms with Crippen molar-refractivity contribution in [3.8, 4) is 5.75 Å². The molecule has 0 aliphatic carbocycles. The van der Waals surface area contributed by atoms with Gasteiger partial charge in [0.2, 0.25) is 10.0 Å². The molecule has 0 aliphatic heterocycles. The molecule has 12 heteroatoms. The van der Waals surface area contributed by atoms with Crippen LogP contribution in [-0.4, -0.2) is 41.6 Å². The van der Waals surface area contributed by atoms with Crippen LogP contribution in [0.5, 0.6) is 5.75 Å². The van der Waals surface area contributed by atoms with Crippen molar-refractivity contribution in [1.29, 1.82) is 0 Å². The number of nitrogens with one attached hydrogen (secondary N) is 2. The third-order valence-electron chi connectivity index (χ3n) is 3.25. The van der Waals surface area contributed by atoms with Crippen molar-refractivity contribution in [1.82, 2.24) is 4.72 Å². The number of ether oxygens (including phenoxy) is 1. The Labute approximate surface area is 161 Å². The summed E-state index contributed by atoms with van der Waals surface area (Å²) in [7, 11) is -6.38. The van der Waals surface area contributed by atoms with Crippen LogP contribution >= 0.6 is 11.6 Å². The lowest BCUT2D eigenvalue weighted by molar-refractivity contribution is -0.139. The molecule has 0 saturated heterocycles. The summed E-state index contributed by atoms with van der Waals surface area (Å²) in [5, 5.41) is 8.51. The summed E-state index contributed by atoms with van der Waals surface area (Å²) in [6.45, 7) is -0.619. The quantitative estimate of drug-likeness (QED) is 0.572. The molecule has 0 bridgehead atoms. The minimum Gasteiger partial charge on any atom is -0.480 e. The van der Waals surface area contributed by atoms with Crippen LogP contribution in [0.3, 0.4) is 0 Å².